The molecule has 0 aromatic heterocycles. The van der Waals surface area contributed by atoms with Gasteiger partial charge >= 0.3 is 6.03 Å². The van der Waals surface area contributed by atoms with E-state index in [9.17, 15) is 9.90 Å². The number of benzene rings is 2. The van der Waals surface area contributed by atoms with Gasteiger partial charge in [-0.1, -0.05) is 29.8 Å². The third-order valence-corrected chi connectivity index (χ3v) is 3.41. The Morgan fingerprint density at radius 3 is 2.83 bits per heavy atom. The van der Waals surface area contributed by atoms with Crippen molar-refractivity contribution in [2.75, 3.05) is 18.5 Å². The monoisotopic (exact) mass is 334 g/mol. The van der Waals surface area contributed by atoms with Gasteiger partial charge in [-0.05, 0) is 43.2 Å². The number of aromatic hydroxyl groups is 1. The SMILES string of the molecule is Cc1ccc(O)c(NC(=O)NCCCOc2ccccc2Cl)c1. The average molecular weight is 335 g/mol. The molecule has 6 heteroatoms. The van der Waals surface area contributed by atoms with Crippen LogP contribution in [0.5, 0.6) is 11.5 Å². The lowest BCUT2D eigenvalue weighted by Crippen LogP contribution is -2.30. The third kappa shape index (κ3) is 5.38. The number of anilines is 1. The predicted octanol–water partition coefficient (Wildman–Crippen LogP) is 3.94. The van der Waals surface area contributed by atoms with Crippen LogP contribution in [0.2, 0.25) is 5.02 Å². The molecule has 0 saturated heterocycles. The van der Waals surface area contributed by atoms with E-state index in [2.05, 4.69) is 10.6 Å². The highest BCUT2D eigenvalue weighted by Crippen LogP contribution is 2.24. The van der Waals surface area contributed by atoms with Crippen LogP contribution in [0, 0.1) is 6.92 Å². The van der Waals surface area contributed by atoms with E-state index in [1.54, 1.807) is 30.3 Å². The van der Waals surface area contributed by atoms with Crippen LogP contribution in [-0.2, 0) is 0 Å². The van der Waals surface area contributed by atoms with Gasteiger partial charge in [0.05, 0.1) is 17.3 Å². The molecule has 2 aromatic carbocycles. The first kappa shape index (κ1) is 17.0. The van der Waals surface area contributed by atoms with Gasteiger partial charge in [-0.25, -0.2) is 4.79 Å². The van der Waals surface area contributed by atoms with Gasteiger partial charge < -0.3 is 20.5 Å². The predicted molar refractivity (Wildman–Crippen MR) is 91.4 cm³/mol. The summed E-state index contributed by atoms with van der Waals surface area (Å²) in [5.74, 6) is 0.663. The van der Waals surface area contributed by atoms with Crippen LogP contribution in [-0.4, -0.2) is 24.3 Å². The molecular weight excluding hydrogens is 316 g/mol. The first-order chi connectivity index (χ1) is 11.1. The maximum Gasteiger partial charge on any atom is 0.319 e. The van der Waals surface area contributed by atoms with Gasteiger partial charge in [-0.15, -0.1) is 0 Å². The topological polar surface area (TPSA) is 70.6 Å². The molecule has 0 radical (unpaired) electrons. The van der Waals surface area contributed by atoms with Crippen molar-refractivity contribution in [1.29, 1.82) is 0 Å². The average Bonchev–Trinajstić information content (AvgIpc) is 2.52. The van der Waals surface area contributed by atoms with E-state index in [0.29, 0.717) is 36.0 Å². The Kier molecular flexibility index (Phi) is 6.11. The van der Waals surface area contributed by atoms with Crippen LogP contribution < -0.4 is 15.4 Å². The highest BCUT2D eigenvalue weighted by atomic mass is 35.5. The Morgan fingerprint density at radius 2 is 2.04 bits per heavy atom. The highest BCUT2D eigenvalue weighted by Gasteiger charge is 2.06. The number of amides is 2. The van der Waals surface area contributed by atoms with Gasteiger partial charge in [-0.3, -0.25) is 0 Å². The van der Waals surface area contributed by atoms with Crippen LogP contribution in [0.25, 0.3) is 0 Å². The molecular formula is C17H19ClN2O3. The van der Waals surface area contributed by atoms with Gasteiger partial charge in [0, 0.05) is 6.54 Å². The van der Waals surface area contributed by atoms with Crippen molar-refractivity contribution in [3.8, 4) is 11.5 Å². The minimum Gasteiger partial charge on any atom is -0.506 e. The zero-order chi connectivity index (χ0) is 16.7. The normalized spacial score (nSPS) is 10.2. The van der Waals surface area contributed by atoms with E-state index in [1.165, 1.54) is 0 Å². The van der Waals surface area contributed by atoms with Crippen LogP contribution in [0.3, 0.4) is 0 Å². The summed E-state index contributed by atoms with van der Waals surface area (Å²) in [5, 5.41) is 15.5. The van der Waals surface area contributed by atoms with Crippen molar-refractivity contribution in [1.82, 2.24) is 5.32 Å². The first-order valence-electron chi connectivity index (χ1n) is 7.28. The zero-order valence-corrected chi connectivity index (χ0v) is 13.6. The number of urea groups is 1. The van der Waals surface area contributed by atoms with Crippen LogP contribution in [0.1, 0.15) is 12.0 Å². The smallest absolute Gasteiger partial charge is 0.319 e. The van der Waals surface area contributed by atoms with E-state index >= 15 is 0 Å². The van der Waals surface area contributed by atoms with Gasteiger partial charge in [0.2, 0.25) is 0 Å². The number of carbonyl (C=O) groups is 1. The molecule has 0 fully saturated rings. The fraction of sp³-hybridized carbons (Fsp3) is 0.235. The number of nitrogens with one attached hydrogen (secondary N) is 2. The molecule has 0 bridgehead atoms. The number of phenols is 1. The number of rotatable bonds is 6. The first-order valence-corrected chi connectivity index (χ1v) is 7.66. The molecule has 0 saturated carbocycles. The second-order valence-corrected chi connectivity index (χ2v) is 5.44. The number of ether oxygens (including phenoxy) is 1. The van der Waals surface area contributed by atoms with E-state index < -0.39 is 0 Å². The molecule has 0 atom stereocenters. The fourth-order valence-electron chi connectivity index (χ4n) is 1.93. The van der Waals surface area contributed by atoms with Gasteiger partial charge in [0.25, 0.3) is 0 Å². The van der Waals surface area contributed by atoms with Crippen molar-refractivity contribution in [3.05, 3.63) is 53.1 Å². The second kappa shape index (κ2) is 8.29. The molecule has 122 valence electrons. The van der Waals surface area contributed by atoms with E-state index in [0.717, 1.165) is 5.56 Å². The lowest BCUT2D eigenvalue weighted by Gasteiger charge is -2.10. The molecule has 3 N–H and O–H groups in total. The van der Waals surface area contributed by atoms with E-state index in [4.69, 9.17) is 16.3 Å². The van der Waals surface area contributed by atoms with E-state index in [-0.39, 0.29) is 11.8 Å². The number of hydrogen-bond acceptors (Lipinski definition) is 3. The fourth-order valence-corrected chi connectivity index (χ4v) is 2.12. The number of phenolic OH excluding ortho intramolecular Hbond substituents is 1. The summed E-state index contributed by atoms with van der Waals surface area (Å²) in [5.41, 5.74) is 1.33. The van der Waals surface area contributed by atoms with Crippen molar-refractivity contribution >= 4 is 23.3 Å². The van der Waals surface area contributed by atoms with Crippen LogP contribution in [0.4, 0.5) is 10.5 Å². The number of hydrogen-bond donors (Lipinski definition) is 3. The molecule has 0 aliphatic carbocycles. The van der Waals surface area contributed by atoms with Crippen LogP contribution >= 0.6 is 11.6 Å². The molecule has 2 amide bonds. The Bertz CT molecular complexity index is 677. The number of aryl methyl sites for hydroxylation is 1. The number of para-hydroxylation sites is 1. The highest BCUT2D eigenvalue weighted by molar-refractivity contribution is 6.32. The van der Waals surface area contributed by atoms with Crippen molar-refractivity contribution in [3.63, 3.8) is 0 Å². The maximum absolute atomic E-state index is 11.8. The third-order valence-electron chi connectivity index (χ3n) is 3.10. The van der Waals surface area contributed by atoms with Crippen molar-refractivity contribution < 1.29 is 14.6 Å². The molecule has 5 nitrogen and oxygen atoms in total. The summed E-state index contributed by atoms with van der Waals surface area (Å²) in [6.07, 6.45) is 0.637. The summed E-state index contributed by atoms with van der Waals surface area (Å²) in [4.78, 5) is 11.8. The lowest BCUT2D eigenvalue weighted by molar-refractivity contribution is 0.250. The molecule has 0 heterocycles. The molecule has 2 aromatic rings. The molecule has 0 aliphatic heterocycles. The standard InChI is InChI=1S/C17H19ClN2O3/c1-12-7-8-15(21)14(11-12)20-17(22)19-9-4-10-23-16-6-3-2-5-13(16)18/h2-3,5-8,11,21H,4,9-10H2,1H3,(H2,19,20,22). The molecule has 23 heavy (non-hydrogen) atoms. The number of carbonyl (C=O) groups excluding carboxylic acids is 1. The lowest BCUT2D eigenvalue weighted by atomic mass is 10.2. The maximum atomic E-state index is 11.8. The molecule has 0 spiro atoms. The minimum absolute atomic E-state index is 0.0350. The minimum atomic E-state index is -0.372. The quantitative estimate of drug-likeness (QED) is 0.553. The zero-order valence-electron chi connectivity index (χ0n) is 12.8. The summed E-state index contributed by atoms with van der Waals surface area (Å²) in [7, 11) is 0. The van der Waals surface area contributed by atoms with Crippen molar-refractivity contribution in [2.24, 2.45) is 0 Å². The molecule has 0 unspecified atom stereocenters. The Morgan fingerprint density at radius 1 is 1.26 bits per heavy atom. The van der Waals surface area contributed by atoms with Crippen LogP contribution in [0.15, 0.2) is 42.5 Å². The summed E-state index contributed by atoms with van der Waals surface area (Å²) in [6, 6.07) is 11.9. The largest absolute Gasteiger partial charge is 0.506 e. The second-order valence-electron chi connectivity index (χ2n) is 5.03. The van der Waals surface area contributed by atoms with E-state index in [1.807, 2.05) is 19.1 Å². The Labute approximate surface area is 140 Å². The Hall–Kier alpha value is -2.40. The Balaban J connectivity index is 1.69. The molecule has 2 rings (SSSR count). The summed E-state index contributed by atoms with van der Waals surface area (Å²) < 4.78 is 5.53. The number of halogens is 1. The van der Waals surface area contributed by atoms with Gasteiger partial charge in [0.15, 0.2) is 0 Å². The van der Waals surface area contributed by atoms with Gasteiger partial charge in [-0.2, -0.15) is 0 Å². The summed E-state index contributed by atoms with van der Waals surface area (Å²) in [6.45, 7) is 2.77. The van der Waals surface area contributed by atoms with Crippen molar-refractivity contribution in [2.45, 2.75) is 13.3 Å². The molecule has 0 aliphatic rings. The summed E-state index contributed by atoms with van der Waals surface area (Å²) >= 11 is 5.98. The van der Waals surface area contributed by atoms with Gasteiger partial charge in [0.1, 0.15) is 11.5 Å².